The van der Waals surface area contributed by atoms with E-state index in [1.165, 1.54) is 0 Å². The lowest BCUT2D eigenvalue weighted by atomic mass is 10.2. The Morgan fingerprint density at radius 2 is 2.31 bits per heavy atom. The van der Waals surface area contributed by atoms with Crippen molar-refractivity contribution in [1.82, 2.24) is 9.55 Å². The van der Waals surface area contributed by atoms with Crippen LogP contribution in [0.1, 0.15) is 19.6 Å². The molecule has 1 aromatic rings. The zero-order valence-electron chi connectivity index (χ0n) is 8.51. The number of aliphatic hydroxyl groups excluding tert-OH is 1. The van der Waals surface area contributed by atoms with Crippen molar-refractivity contribution in [2.45, 2.75) is 31.8 Å². The Bertz CT molecular complexity index is 499. The number of aliphatic hydroxyl groups is 1. The maximum atomic E-state index is 13.0. The van der Waals surface area contributed by atoms with Gasteiger partial charge in [0.05, 0.1) is 18.4 Å². The van der Waals surface area contributed by atoms with Crippen molar-refractivity contribution in [3.8, 4) is 0 Å². The van der Waals surface area contributed by atoms with E-state index in [9.17, 15) is 19.1 Å². The van der Waals surface area contributed by atoms with Gasteiger partial charge < -0.3 is 9.84 Å². The standard InChI is InChI=1S/C9H11FN2O4/c1-4-6(13)2-7(16-4)12-3-5(10)8(14)11-9(12)15/h3-4,6-7,13H,2H2,1H3,(H,11,14,15)/t4-,6?,7-/m1/s1. The summed E-state index contributed by atoms with van der Waals surface area (Å²) in [5, 5.41) is 9.44. The molecule has 1 fully saturated rings. The molecular formula is C9H11FN2O4. The SMILES string of the molecule is C[C@H]1O[C@@H](n2cc(F)c(=O)[nH]c2=O)CC1O. The molecule has 1 aliphatic heterocycles. The van der Waals surface area contributed by atoms with Gasteiger partial charge in [-0.05, 0) is 6.92 Å². The van der Waals surface area contributed by atoms with E-state index in [1.54, 1.807) is 6.92 Å². The Labute approximate surface area is 89.3 Å². The minimum atomic E-state index is -1.06. The number of nitrogens with zero attached hydrogens (tertiary/aromatic N) is 1. The highest BCUT2D eigenvalue weighted by Gasteiger charge is 2.32. The average Bonchev–Trinajstić information content (AvgIpc) is 2.53. The van der Waals surface area contributed by atoms with Gasteiger partial charge in [-0.25, -0.2) is 4.79 Å². The van der Waals surface area contributed by atoms with Crippen LogP contribution in [0.3, 0.4) is 0 Å². The molecule has 0 amide bonds. The molecule has 0 bridgehead atoms. The van der Waals surface area contributed by atoms with E-state index in [4.69, 9.17) is 4.74 Å². The van der Waals surface area contributed by atoms with Gasteiger partial charge in [-0.2, -0.15) is 4.39 Å². The Balaban J connectivity index is 2.39. The third-order valence-corrected chi connectivity index (χ3v) is 2.59. The van der Waals surface area contributed by atoms with Gasteiger partial charge in [0, 0.05) is 6.42 Å². The smallest absolute Gasteiger partial charge is 0.330 e. The topological polar surface area (TPSA) is 84.3 Å². The van der Waals surface area contributed by atoms with Crippen molar-refractivity contribution in [1.29, 1.82) is 0 Å². The minimum Gasteiger partial charge on any atom is -0.390 e. The van der Waals surface area contributed by atoms with Crippen molar-refractivity contribution in [3.63, 3.8) is 0 Å². The summed E-state index contributed by atoms with van der Waals surface area (Å²) in [6.45, 7) is 1.65. The zero-order chi connectivity index (χ0) is 11.9. The van der Waals surface area contributed by atoms with Gasteiger partial charge in [0.15, 0.2) is 0 Å². The summed E-state index contributed by atoms with van der Waals surface area (Å²) in [6.07, 6.45) is -0.897. The van der Waals surface area contributed by atoms with Crippen LogP contribution in [0, 0.1) is 5.82 Å². The molecule has 1 saturated heterocycles. The molecule has 6 nitrogen and oxygen atoms in total. The number of aromatic amines is 1. The molecule has 7 heteroatoms. The molecule has 1 unspecified atom stereocenters. The fourth-order valence-corrected chi connectivity index (χ4v) is 1.65. The van der Waals surface area contributed by atoms with Gasteiger partial charge >= 0.3 is 5.69 Å². The first kappa shape index (κ1) is 11.0. The summed E-state index contributed by atoms with van der Waals surface area (Å²) in [7, 11) is 0. The first-order valence-corrected chi connectivity index (χ1v) is 4.83. The molecule has 0 radical (unpaired) electrons. The van der Waals surface area contributed by atoms with Crippen molar-refractivity contribution in [2.24, 2.45) is 0 Å². The number of hydrogen-bond acceptors (Lipinski definition) is 4. The maximum absolute atomic E-state index is 13.0. The zero-order valence-corrected chi connectivity index (χ0v) is 8.51. The molecule has 16 heavy (non-hydrogen) atoms. The largest absolute Gasteiger partial charge is 0.390 e. The van der Waals surface area contributed by atoms with Gasteiger partial charge in [-0.15, -0.1) is 0 Å². The molecule has 1 aliphatic rings. The monoisotopic (exact) mass is 230 g/mol. The second-order valence-electron chi connectivity index (χ2n) is 3.74. The first-order valence-electron chi connectivity index (χ1n) is 4.83. The van der Waals surface area contributed by atoms with E-state index >= 15 is 0 Å². The number of nitrogens with one attached hydrogen (secondary N) is 1. The van der Waals surface area contributed by atoms with E-state index in [2.05, 4.69) is 0 Å². The van der Waals surface area contributed by atoms with Crippen LogP contribution in [0.2, 0.25) is 0 Å². The predicted octanol–water partition coefficient (Wildman–Crippen LogP) is -0.656. The highest BCUT2D eigenvalue weighted by atomic mass is 19.1. The van der Waals surface area contributed by atoms with E-state index in [0.717, 1.165) is 10.8 Å². The van der Waals surface area contributed by atoms with E-state index in [1.807, 2.05) is 4.98 Å². The molecular weight excluding hydrogens is 219 g/mol. The number of ether oxygens (including phenoxy) is 1. The lowest BCUT2D eigenvalue weighted by molar-refractivity contribution is -0.0105. The quantitative estimate of drug-likeness (QED) is 0.671. The highest BCUT2D eigenvalue weighted by Crippen LogP contribution is 2.26. The summed E-state index contributed by atoms with van der Waals surface area (Å²) < 4.78 is 19.2. The fourth-order valence-electron chi connectivity index (χ4n) is 1.65. The van der Waals surface area contributed by atoms with Crippen LogP contribution in [0.15, 0.2) is 15.8 Å². The van der Waals surface area contributed by atoms with Crippen LogP contribution < -0.4 is 11.2 Å². The second-order valence-corrected chi connectivity index (χ2v) is 3.74. The van der Waals surface area contributed by atoms with E-state index in [0.29, 0.717) is 0 Å². The van der Waals surface area contributed by atoms with Gasteiger partial charge in [0.2, 0.25) is 5.82 Å². The van der Waals surface area contributed by atoms with Crippen LogP contribution in [-0.4, -0.2) is 26.9 Å². The average molecular weight is 230 g/mol. The third kappa shape index (κ3) is 1.79. The number of aromatic nitrogens is 2. The summed E-state index contributed by atoms with van der Waals surface area (Å²) in [5.41, 5.74) is -1.81. The minimum absolute atomic E-state index is 0.187. The Morgan fingerprint density at radius 3 is 2.88 bits per heavy atom. The fraction of sp³-hybridized carbons (Fsp3) is 0.556. The van der Waals surface area contributed by atoms with E-state index < -0.39 is 35.5 Å². The highest BCUT2D eigenvalue weighted by molar-refractivity contribution is 4.90. The molecule has 2 heterocycles. The predicted molar refractivity (Wildman–Crippen MR) is 51.5 cm³/mol. The lowest BCUT2D eigenvalue weighted by Crippen LogP contribution is -2.33. The number of halogens is 1. The molecule has 0 saturated carbocycles. The van der Waals surface area contributed by atoms with Crippen LogP contribution >= 0.6 is 0 Å². The molecule has 0 aromatic carbocycles. The lowest BCUT2D eigenvalue weighted by Gasteiger charge is -2.12. The van der Waals surface area contributed by atoms with Crippen molar-refractivity contribution >= 4 is 0 Å². The third-order valence-electron chi connectivity index (χ3n) is 2.59. The van der Waals surface area contributed by atoms with Crippen LogP contribution in [0.4, 0.5) is 4.39 Å². The maximum Gasteiger partial charge on any atom is 0.330 e. The molecule has 0 aliphatic carbocycles. The Kier molecular flexibility index (Phi) is 2.64. The molecule has 2 rings (SSSR count). The van der Waals surface area contributed by atoms with Crippen molar-refractivity contribution in [3.05, 3.63) is 32.9 Å². The molecule has 0 spiro atoms. The van der Waals surface area contributed by atoms with Crippen LogP contribution in [0.5, 0.6) is 0 Å². The number of hydrogen-bond donors (Lipinski definition) is 2. The summed E-state index contributed by atoms with van der Waals surface area (Å²) in [4.78, 5) is 24.0. The van der Waals surface area contributed by atoms with Crippen LogP contribution in [-0.2, 0) is 4.74 Å². The first-order chi connectivity index (χ1) is 7.49. The van der Waals surface area contributed by atoms with Crippen molar-refractivity contribution < 1.29 is 14.2 Å². The van der Waals surface area contributed by atoms with Gasteiger partial charge in [0.25, 0.3) is 5.56 Å². The summed E-state index contributed by atoms with van der Waals surface area (Å²) in [6, 6.07) is 0. The molecule has 2 N–H and O–H groups in total. The van der Waals surface area contributed by atoms with Gasteiger partial charge in [0.1, 0.15) is 6.23 Å². The van der Waals surface area contributed by atoms with Gasteiger partial charge in [-0.3, -0.25) is 14.3 Å². The Morgan fingerprint density at radius 1 is 1.62 bits per heavy atom. The molecule has 1 aromatic heterocycles. The van der Waals surface area contributed by atoms with Crippen molar-refractivity contribution in [2.75, 3.05) is 0 Å². The van der Waals surface area contributed by atoms with Crippen LogP contribution in [0.25, 0.3) is 0 Å². The molecule has 88 valence electrons. The van der Waals surface area contributed by atoms with Gasteiger partial charge in [-0.1, -0.05) is 0 Å². The number of rotatable bonds is 1. The second kappa shape index (κ2) is 3.84. The summed E-state index contributed by atoms with van der Waals surface area (Å²) >= 11 is 0. The molecule has 3 atom stereocenters. The Hall–Kier alpha value is -1.47. The van der Waals surface area contributed by atoms with E-state index in [-0.39, 0.29) is 6.42 Å². The normalized spacial score (nSPS) is 29.6. The number of H-pyrrole nitrogens is 1. The summed E-state index contributed by atoms with van der Waals surface area (Å²) in [5.74, 6) is -1.06.